The van der Waals surface area contributed by atoms with Crippen LogP contribution >= 0.6 is 0 Å². The molecule has 1 aromatic heterocycles. The second-order valence-corrected chi connectivity index (χ2v) is 8.79. The lowest BCUT2D eigenvalue weighted by Gasteiger charge is -2.34. The molecule has 1 saturated carbocycles. The molecule has 1 unspecified atom stereocenters. The van der Waals surface area contributed by atoms with E-state index in [1.165, 1.54) is 6.42 Å². The highest BCUT2D eigenvalue weighted by atomic mass is 16.2. The second-order valence-electron chi connectivity index (χ2n) is 8.79. The maximum atomic E-state index is 13.9. The van der Waals surface area contributed by atoms with Crippen LogP contribution < -0.4 is 10.2 Å². The first-order valence-corrected chi connectivity index (χ1v) is 11.7. The highest BCUT2D eigenvalue weighted by Gasteiger charge is 2.35. The number of rotatable bonds is 6. The molecular weight excluding hydrogens is 410 g/mol. The van der Waals surface area contributed by atoms with Crippen LogP contribution in [0.4, 0.5) is 5.69 Å². The molecule has 0 bridgehead atoms. The number of carbonyl (C=O) groups is 2. The minimum Gasteiger partial charge on any atom is -0.351 e. The summed E-state index contributed by atoms with van der Waals surface area (Å²) in [6.45, 7) is 4.02. The molecule has 4 rings (SSSR count). The van der Waals surface area contributed by atoms with Crippen LogP contribution in [0.5, 0.6) is 0 Å². The Bertz CT molecular complexity index is 1090. The number of aromatic nitrogens is 1. The Hall–Kier alpha value is -3.47. The molecule has 170 valence electrons. The molecule has 1 N–H and O–H groups in total. The SMILES string of the molecule is Cc1cccc(N(C(=O)c2ccncc2)C(C(=O)NC2CCCCC2)c2ccccc2)c1C. The van der Waals surface area contributed by atoms with E-state index in [0.29, 0.717) is 5.56 Å². The molecule has 0 aliphatic heterocycles. The third kappa shape index (κ3) is 5.14. The van der Waals surface area contributed by atoms with Gasteiger partial charge in [0.25, 0.3) is 5.91 Å². The zero-order chi connectivity index (χ0) is 23.2. The van der Waals surface area contributed by atoms with Crippen molar-refractivity contribution in [3.8, 4) is 0 Å². The van der Waals surface area contributed by atoms with Crippen molar-refractivity contribution in [2.24, 2.45) is 0 Å². The summed E-state index contributed by atoms with van der Waals surface area (Å²) in [6, 6.07) is 18.2. The van der Waals surface area contributed by atoms with Crippen LogP contribution in [0.3, 0.4) is 0 Å². The molecule has 2 amide bonds. The number of hydrogen-bond acceptors (Lipinski definition) is 3. The van der Waals surface area contributed by atoms with E-state index < -0.39 is 6.04 Å². The number of pyridine rings is 1. The minimum atomic E-state index is -0.783. The lowest BCUT2D eigenvalue weighted by Crippen LogP contribution is -2.47. The zero-order valence-electron chi connectivity index (χ0n) is 19.3. The highest BCUT2D eigenvalue weighted by molar-refractivity contribution is 6.10. The number of carbonyl (C=O) groups excluding carboxylic acids is 2. The van der Waals surface area contributed by atoms with E-state index in [9.17, 15) is 9.59 Å². The molecule has 1 atom stereocenters. The van der Waals surface area contributed by atoms with E-state index in [0.717, 1.165) is 48.1 Å². The minimum absolute atomic E-state index is 0.142. The number of nitrogens with one attached hydrogen (secondary N) is 1. The van der Waals surface area contributed by atoms with Crippen LogP contribution in [-0.4, -0.2) is 22.8 Å². The summed E-state index contributed by atoms with van der Waals surface area (Å²) in [5.74, 6) is -0.366. The molecular formula is C28H31N3O2. The van der Waals surface area contributed by atoms with Crippen LogP contribution in [0, 0.1) is 13.8 Å². The van der Waals surface area contributed by atoms with Gasteiger partial charge in [0.2, 0.25) is 5.91 Å². The van der Waals surface area contributed by atoms with E-state index in [4.69, 9.17) is 0 Å². The Morgan fingerprint density at radius 3 is 2.30 bits per heavy atom. The molecule has 0 saturated heterocycles. The quantitative estimate of drug-likeness (QED) is 0.547. The lowest BCUT2D eigenvalue weighted by molar-refractivity contribution is -0.123. The average molecular weight is 442 g/mol. The van der Waals surface area contributed by atoms with Crippen molar-refractivity contribution in [1.29, 1.82) is 0 Å². The largest absolute Gasteiger partial charge is 0.351 e. The maximum absolute atomic E-state index is 13.9. The average Bonchev–Trinajstić information content (AvgIpc) is 2.85. The Balaban J connectivity index is 1.82. The van der Waals surface area contributed by atoms with Crippen molar-refractivity contribution in [3.05, 3.63) is 95.3 Å². The Kier molecular flexibility index (Phi) is 7.18. The smallest absolute Gasteiger partial charge is 0.259 e. The summed E-state index contributed by atoms with van der Waals surface area (Å²) in [5.41, 5.74) is 4.07. The molecule has 5 heteroatoms. The van der Waals surface area contributed by atoms with Crippen molar-refractivity contribution in [2.75, 3.05) is 4.90 Å². The first-order chi connectivity index (χ1) is 16.1. The summed E-state index contributed by atoms with van der Waals surface area (Å²) in [4.78, 5) is 33.5. The predicted molar refractivity (Wildman–Crippen MR) is 131 cm³/mol. The fraction of sp³-hybridized carbons (Fsp3) is 0.321. The van der Waals surface area contributed by atoms with Gasteiger partial charge in [-0.15, -0.1) is 0 Å². The third-order valence-electron chi connectivity index (χ3n) is 6.56. The Morgan fingerprint density at radius 2 is 1.61 bits per heavy atom. The summed E-state index contributed by atoms with van der Waals surface area (Å²) in [6.07, 6.45) is 8.63. The number of hydrogen-bond donors (Lipinski definition) is 1. The summed E-state index contributed by atoms with van der Waals surface area (Å²) in [5, 5.41) is 3.26. The van der Waals surface area contributed by atoms with Gasteiger partial charge in [-0.1, -0.05) is 61.7 Å². The van der Waals surface area contributed by atoms with Gasteiger partial charge in [-0.3, -0.25) is 19.5 Å². The Morgan fingerprint density at radius 1 is 0.909 bits per heavy atom. The van der Waals surface area contributed by atoms with Crippen molar-refractivity contribution in [3.63, 3.8) is 0 Å². The number of amides is 2. The van der Waals surface area contributed by atoms with Gasteiger partial charge in [-0.25, -0.2) is 0 Å². The van der Waals surface area contributed by atoms with Crippen molar-refractivity contribution in [1.82, 2.24) is 10.3 Å². The van der Waals surface area contributed by atoms with Gasteiger partial charge < -0.3 is 5.32 Å². The molecule has 2 aromatic carbocycles. The predicted octanol–water partition coefficient (Wildman–Crippen LogP) is 5.54. The van der Waals surface area contributed by atoms with Gasteiger partial charge in [0.05, 0.1) is 0 Å². The van der Waals surface area contributed by atoms with Crippen LogP contribution in [0.15, 0.2) is 73.1 Å². The van der Waals surface area contributed by atoms with Gasteiger partial charge in [0.15, 0.2) is 0 Å². The van der Waals surface area contributed by atoms with Gasteiger partial charge in [0, 0.05) is 29.7 Å². The summed E-state index contributed by atoms with van der Waals surface area (Å²) >= 11 is 0. The number of benzene rings is 2. The molecule has 3 aromatic rings. The van der Waals surface area contributed by atoms with Crippen molar-refractivity contribution < 1.29 is 9.59 Å². The van der Waals surface area contributed by atoms with E-state index in [2.05, 4.69) is 10.3 Å². The van der Waals surface area contributed by atoms with E-state index in [1.54, 1.807) is 29.4 Å². The standard InChI is InChI=1S/C28H31N3O2/c1-20-10-9-15-25(21(20)2)31(28(33)23-16-18-29-19-17-23)26(22-11-5-3-6-12-22)27(32)30-24-13-7-4-8-14-24/h3,5-6,9-12,15-19,24,26H,4,7-8,13-14H2,1-2H3,(H,30,32). The second kappa shape index (κ2) is 10.4. The fourth-order valence-corrected chi connectivity index (χ4v) is 4.58. The van der Waals surface area contributed by atoms with E-state index >= 15 is 0 Å². The van der Waals surface area contributed by atoms with Crippen molar-refractivity contribution >= 4 is 17.5 Å². The normalized spacial score (nSPS) is 15.0. The van der Waals surface area contributed by atoms with Gasteiger partial charge in [0.1, 0.15) is 6.04 Å². The lowest BCUT2D eigenvalue weighted by atomic mass is 9.94. The van der Waals surface area contributed by atoms with Gasteiger partial charge in [-0.05, 0) is 61.6 Å². The van der Waals surface area contributed by atoms with Crippen LogP contribution in [0.25, 0.3) is 0 Å². The molecule has 1 heterocycles. The molecule has 1 aliphatic carbocycles. The fourth-order valence-electron chi connectivity index (χ4n) is 4.58. The monoisotopic (exact) mass is 441 g/mol. The Labute approximate surface area is 195 Å². The maximum Gasteiger partial charge on any atom is 0.259 e. The number of nitrogens with zero attached hydrogens (tertiary/aromatic N) is 2. The first kappa shape index (κ1) is 22.7. The van der Waals surface area contributed by atoms with Gasteiger partial charge in [-0.2, -0.15) is 0 Å². The van der Waals surface area contributed by atoms with Gasteiger partial charge >= 0.3 is 0 Å². The zero-order valence-corrected chi connectivity index (χ0v) is 19.3. The summed E-state index contributed by atoms with van der Waals surface area (Å²) in [7, 11) is 0. The molecule has 0 radical (unpaired) electrons. The van der Waals surface area contributed by atoms with Crippen LogP contribution in [0.1, 0.15) is 65.2 Å². The van der Waals surface area contributed by atoms with Crippen LogP contribution in [0.2, 0.25) is 0 Å². The molecule has 1 fully saturated rings. The molecule has 33 heavy (non-hydrogen) atoms. The summed E-state index contributed by atoms with van der Waals surface area (Å²) < 4.78 is 0. The molecule has 1 aliphatic rings. The number of aryl methyl sites for hydroxylation is 1. The van der Waals surface area contributed by atoms with Crippen LogP contribution in [-0.2, 0) is 4.79 Å². The third-order valence-corrected chi connectivity index (χ3v) is 6.56. The molecule has 5 nitrogen and oxygen atoms in total. The van der Waals surface area contributed by atoms with E-state index in [-0.39, 0.29) is 17.9 Å². The highest BCUT2D eigenvalue weighted by Crippen LogP contribution is 2.33. The van der Waals surface area contributed by atoms with Crippen molar-refractivity contribution in [2.45, 2.75) is 58.0 Å². The topological polar surface area (TPSA) is 62.3 Å². The molecule has 0 spiro atoms. The van der Waals surface area contributed by atoms with E-state index in [1.807, 2.05) is 62.4 Å². The first-order valence-electron chi connectivity index (χ1n) is 11.7. The number of anilines is 1.